The van der Waals surface area contributed by atoms with E-state index >= 15 is 0 Å². The summed E-state index contributed by atoms with van der Waals surface area (Å²) in [5, 5.41) is 3.36. The fraction of sp³-hybridized carbons (Fsp3) is 0.533. The summed E-state index contributed by atoms with van der Waals surface area (Å²) in [6, 6.07) is 10.2. The first-order chi connectivity index (χ1) is 9.31. The van der Waals surface area contributed by atoms with E-state index in [1.807, 2.05) is 30.3 Å². The molecule has 1 aliphatic heterocycles. The summed E-state index contributed by atoms with van der Waals surface area (Å²) in [4.78, 5) is 11.6. The number of nitrogens with one attached hydrogen (secondary N) is 1. The van der Waals surface area contributed by atoms with Crippen LogP contribution in [0.25, 0.3) is 0 Å². The van der Waals surface area contributed by atoms with E-state index in [4.69, 9.17) is 9.47 Å². The molecule has 4 nitrogen and oxygen atoms in total. The average Bonchev–Trinajstić information content (AvgIpc) is 2.98. The lowest BCUT2D eigenvalue weighted by Crippen LogP contribution is -2.33. The van der Waals surface area contributed by atoms with Gasteiger partial charge in [-0.2, -0.15) is 0 Å². The second kappa shape index (κ2) is 6.95. The first-order valence-electron chi connectivity index (χ1n) is 6.94. The maximum atomic E-state index is 11.6. The first kappa shape index (κ1) is 15.1. The van der Waals surface area contributed by atoms with Gasteiger partial charge in [0.25, 0.3) is 0 Å². The fourth-order valence-corrected chi connectivity index (χ4v) is 3.07. The molecule has 0 unspecified atom stereocenters. The van der Waals surface area contributed by atoms with Gasteiger partial charge in [0.2, 0.25) is 0 Å². The molecule has 0 amide bonds. The van der Waals surface area contributed by atoms with E-state index in [1.165, 1.54) is 19.3 Å². The molecule has 2 aliphatic rings. The number of hydrogen-bond acceptors (Lipinski definition) is 4. The van der Waals surface area contributed by atoms with Crippen LogP contribution in [0.2, 0.25) is 0 Å². The Hall–Kier alpha value is -1.26. The van der Waals surface area contributed by atoms with Gasteiger partial charge in [-0.15, -0.1) is 12.4 Å². The standard InChI is InChI=1S/C15H19NO3.ClH/c17-15(18-10-11-5-2-1-3-6-11)19-14-9-12-7-4-8-13(12)16-14;/h1-3,5-6,12-14,16H,4,7-10H2;1H/t12-,13-,14-;/m0./s1. The summed E-state index contributed by atoms with van der Waals surface area (Å²) in [6.45, 7) is 0.263. The molecular weight excluding hydrogens is 278 g/mol. The highest BCUT2D eigenvalue weighted by Crippen LogP contribution is 2.34. The van der Waals surface area contributed by atoms with Crippen molar-refractivity contribution in [2.45, 2.75) is 44.6 Å². The highest BCUT2D eigenvalue weighted by Gasteiger charge is 2.38. The van der Waals surface area contributed by atoms with Crippen molar-refractivity contribution in [3.05, 3.63) is 35.9 Å². The highest BCUT2D eigenvalue weighted by molar-refractivity contribution is 5.85. The zero-order valence-corrected chi connectivity index (χ0v) is 12.1. The molecule has 5 heteroatoms. The third-order valence-corrected chi connectivity index (χ3v) is 4.01. The largest absolute Gasteiger partial charge is 0.510 e. The summed E-state index contributed by atoms with van der Waals surface area (Å²) in [5.74, 6) is 0.673. The molecule has 3 atom stereocenters. The van der Waals surface area contributed by atoms with E-state index in [0.717, 1.165) is 12.0 Å². The van der Waals surface area contributed by atoms with Gasteiger partial charge in [0, 0.05) is 12.5 Å². The second-order valence-corrected chi connectivity index (χ2v) is 5.33. The van der Waals surface area contributed by atoms with Gasteiger partial charge in [-0.25, -0.2) is 4.79 Å². The van der Waals surface area contributed by atoms with E-state index in [0.29, 0.717) is 12.0 Å². The summed E-state index contributed by atoms with van der Waals surface area (Å²) in [5.41, 5.74) is 0.968. The van der Waals surface area contributed by atoms with E-state index in [1.54, 1.807) is 0 Å². The molecule has 1 N–H and O–H groups in total. The van der Waals surface area contributed by atoms with Crippen molar-refractivity contribution in [3.63, 3.8) is 0 Å². The molecule has 2 fully saturated rings. The summed E-state index contributed by atoms with van der Waals surface area (Å²) in [6.07, 6.45) is 3.90. The smallest absolute Gasteiger partial charge is 0.429 e. The molecule has 0 bridgehead atoms. The molecule has 0 aromatic heterocycles. The molecule has 3 rings (SSSR count). The Morgan fingerprint density at radius 3 is 2.80 bits per heavy atom. The molecule has 1 aromatic rings. The lowest BCUT2D eigenvalue weighted by molar-refractivity contribution is 0.0116. The van der Waals surface area contributed by atoms with Crippen molar-refractivity contribution in [2.24, 2.45) is 5.92 Å². The normalized spacial score (nSPS) is 27.5. The van der Waals surface area contributed by atoms with E-state index in [2.05, 4.69) is 5.32 Å². The number of carbonyl (C=O) groups excluding carboxylic acids is 1. The van der Waals surface area contributed by atoms with Crippen LogP contribution in [0.3, 0.4) is 0 Å². The predicted octanol–water partition coefficient (Wildman–Crippen LogP) is 3.25. The third kappa shape index (κ3) is 3.64. The van der Waals surface area contributed by atoms with E-state index in [-0.39, 0.29) is 25.2 Å². The van der Waals surface area contributed by atoms with E-state index in [9.17, 15) is 4.79 Å². The SMILES string of the molecule is Cl.O=C(OCc1ccccc1)O[C@H]1C[C@@H]2CCC[C@@H]2N1. The van der Waals surface area contributed by atoms with Gasteiger partial charge < -0.3 is 9.47 Å². The maximum absolute atomic E-state index is 11.6. The fourth-order valence-electron chi connectivity index (χ4n) is 3.07. The Bertz CT molecular complexity index is 428. The van der Waals surface area contributed by atoms with Crippen LogP contribution >= 0.6 is 12.4 Å². The Morgan fingerprint density at radius 1 is 1.25 bits per heavy atom. The minimum absolute atomic E-state index is 0. The number of fused-ring (bicyclic) bond motifs is 1. The minimum atomic E-state index is -0.582. The van der Waals surface area contributed by atoms with Crippen LogP contribution in [-0.2, 0) is 16.1 Å². The second-order valence-electron chi connectivity index (χ2n) is 5.33. The van der Waals surface area contributed by atoms with Gasteiger partial charge in [0.1, 0.15) is 6.61 Å². The van der Waals surface area contributed by atoms with Gasteiger partial charge >= 0.3 is 6.16 Å². The molecular formula is C15H20ClNO3. The molecule has 1 aliphatic carbocycles. The minimum Gasteiger partial charge on any atom is -0.429 e. The quantitative estimate of drug-likeness (QED) is 0.870. The summed E-state index contributed by atoms with van der Waals surface area (Å²) in [7, 11) is 0. The van der Waals surface area contributed by atoms with Crippen molar-refractivity contribution in [1.29, 1.82) is 0 Å². The molecule has 1 saturated carbocycles. The molecule has 0 spiro atoms. The summed E-state index contributed by atoms with van der Waals surface area (Å²) < 4.78 is 10.4. The van der Waals surface area contributed by atoms with Gasteiger partial charge in [0.15, 0.2) is 6.23 Å². The number of benzene rings is 1. The highest BCUT2D eigenvalue weighted by atomic mass is 35.5. The first-order valence-corrected chi connectivity index (χ1v) is 6.94. The van der Waals surface area contributed by atoms with Crippen molar-refractivity contribution < 1.29 is 14.3 Å². The Morgan fingerprint density at radius 2 is 2.05 bits per heavy atom. The van der Waals surface area contributed by atoms with E-state index < -0.39 is 6.16 Å². The Labute approximate surface area is 125 Å². The van der Waals surface area contributed by atoms with Crippen molar-refractivity contribution in [2.75, 3.05) is 0 Å². The maximum Gasteiger partial charge on any atom is 0.510 e. The number of rotatable bonds is 3. The Balaban J connectivity index is 0.00000147. The van der Waals surface area contributed by atoms with Gasteiger partial charge in [0.05, 0.1) is 0 Å². The van der Waals surface area contributed by atoms with Crippen LogP contribution in [0, 0.1) is 5.92 Å². The lowest BCUT2D eigenvalue weighted by atomic mass is 10.0. The number of halogens is 1. The van der Waals surface area contributed by atoms with Crippen LogP contribution in [0.4, 0.5) is 4.79 Å². The topological polar surface area (TPSA) is 47.6 Å². The zero-order valence-electron chi connectivity index (χ0n) is 11.3. The lowest BCUT2D eigenvalue weighted by Gasteiger charge is -2.14. The van der Waals surface area contributed by atoms with Crippen LogP contribution in [-0.4, -0.2) is 18.4 Å². The van der Waals surface area contributed by atoms with Crippen LogP contribution < -0.4 is 5.32 Å². The number of hydrogen-bond donors (Lipinski definition) is 1. The molecule has 1 aromatic carbocycles. The third-order valence-electron chi connectivity index (χ3n) is 4.01. The van der Waals surface area contributed by atoms with Crippen molar-refractivity contribution in [1.82, 2.24) is 5.32 Å². The molecule has 0 radical (unpaired) electrons. The van der Waals surface area contributed by atoms with Crippen LogP contribution in [0.15, 0.2) is 30.3 Å². The van der Waals surface area contributed by atoms with Crippen molar-refractivity contribution in [3.8, 4) is 0 Å². The van der Waals surface area contributed by atoms with Gasteiger partial charge in [-0.1, -0.05) is 36.8 Å². The monoisotopic (exact) mass is 297 g/mol. The molecule has 1 heterocycles. The summed E-state index contributed by atoms with van der Waals surface area (Å²) >= 11 is 0. The van der Waals surface area contributed by atoms with Crippen LogP contribution in [0.5, 0.6) is 0 Å². The Kier molecular flexibility index (Phi) is 5.26. The van der Waals surface area contributed by atoms with Gasteiger partial charge in [-0.05, 0) is 24.3 Å². The molecule has 1 saturated heterocycles. The average molecular weight is 298 g/mol. The zero-order chi connectivity index (χ0) is 13.1. The predicted molar refractivity (Wildman–Crippen MR) is 77.6 cm³/mol. The van der Waals surface area contributed by atoms with Gasteiger partial charge in [-0.3, -0.25) is 5.32 Å². The molecule has 20 heavy (non-hydrogen) atoms. The molecule has 110 valence electrons. The van der Waals surface area contributed by atoms with Crippen molar-refractivity contribution >= 4 is 18.6 Å². The number of ether oxygens (including phenoxy) is 2. The number of carbonyl (C=O) groups is 1. The van der Waals surface area contributed by atoms with Crippen LogP contribution in [0.1, 0.15) is 31.2 Å².